The molecule has 0 radical (unpaired) electrons. The summed E-state index contributed by atoms with van der Waals surface area (Å²) in [6.07, 6.45) is 5.04. The number of nitrogens with one attached hydrogen (secondary N) is 1. The number of hydrogen-bond donors (Lipinski definition) is 2. The van der Waals surface area contributed by atoms with Gasteiger partial charge in [-0.2, -0.15) is 0 Å². The van der Waals surface area contributed by atoms with Crippen molar-refractivity contribution < 1.29 is 9.21 Å². The van der Waals surface area contributed by atoms with Gasteiger partial charge in [-0.1, -0.05) is 18.2 Å². The third-order valence-electron chi connectivity index (χ3n) is 2.60. The van der Waals surface area contributed by atoms with E-state index in [0.29, 0.717) is 17.9 Å². The molecule has 5 nitrogen and oxygen atoms in total. The van der Waals surface area contributed by atoms with E-state index in [1.165, 1.54) is 6.39 Å². The van der Waals surface area contributed by atoms with Crippen LogP contribution in [0.25, 0.3) is 11.3 Å². The minimum absolute atomic E-state index is 0.241. The van der Waals surface area contributed by atoms with Crippen LogP contribution in [0.4, 0.5) is 5.69 Å². The minimum atomic E-state index is -0.591. The summed E-state index contributed by atoms with van der Waals surface area (Å²) in [5.74, 6) is 0.404. The highest BCUT2D eigenvalue weighted by molar-refractivity contribution is 5.95. The van der Waals surface area contributed by atoms with Gasteiger partial charge in [0.2, 0.25) is 5.91 Å². The molecule has 0 aliphatic rings. The van der Waals surface area contributed by atoms with Crippen LogP contribution < -0.4 is 11.1 Å². The van der Waals surface area contributed by atoms with Gasteiger partial charge in [0, 0.05) is 11.3 Å². The van der Waals surface area contributed by atoms with Crippen LogP contribution in [0.15, 0.2) is 53.9 Å². The standard InChI is InChI=1S/C14H15N3O2/c1-2-4-12(15)14(18)17-11-6-3-5-10(7-11)13-8-16-9-19-13/h2-3,5-9,12H,1,4,15H2,(H,17,18). The van der Waals surface area contributed by atoms with Crippen LogP contribution in [0.1, 0.15) is 6.42 Å². The molecule has 19 heavy (non-hydrogen) atoms. The predicted octanol–water partition coefficient (Wildman–Crippen LogP) is 2.18. The van der Waals surface area contributed by atoms with Gasteiger partial charge in [-0.15, -0.1) is 6.58 Å². The van der Waals surface area contributed by atoms with Gasteiger partial charge in [0.15, 0.2) is 12.2 Å². The molecular formula is C14H15N3O2. The molecule has 0 aliphatic heterocycles. The number of amides is 1. The molecule has 2 aromatic rings. The molecule has 1 unspecified atom stereocenters. The maximum absolute atomic E-state index is 11.8. The first-order chi connectivity index (χ1) is 9.20. The van der Waals surface area contributed by atoms with E-state index in [1.54, 1.807) is 24.4 Å². The first-order valence-electron chi connectivity index (χ1n) is 5.87. The number of benzene rings is 1. The Bertz CT molecular complexity index is 564. The highest BCUT2D eigenvalue weighted by Crippen LogP contribution is 2.22. The number of oxazole rings is 1. The van der Waals surface area contributed by atoms with Crippen molar-refractivity contribution in [2.24, 2.45) is 5.73 Å². The SMILES string of the molecule is C=CCC(N)C(=O)Nc1cccc(-c2cnco2)c1. The van der Waals surface area contributed by atoms with Gasteiger partial charge >= 0.3 is 0 Å². The van der Waals surface area contributed by atoms with Crippen molar-refractivity contribution in [2.45, 2.75) is 12.5 Å². The molecular weight excluding hydrogens is 242 g/mol. The summed E-state index contributed by atoms with van der Waals surface area (Å²) in [4.78, 5) is 15.6. The number of anilines is 1. The summed E-state index contributed by atoms with van der Waals surface area (Å²) in [5.41, 5.74) is 7.20. The zero-order chi connectivity index (χ0) is 13.7. The monoisotopic (exact) mass is 257 g/mol. The van der Waals surface area contributed by atoms with Crippen LogP contribution in [0, 0.1) is 0 Å². The highest BCUT2D eigenvalue weighted by Gasteiger charge is 2.12. The van der Waals surface area contributed by atoms with E-state index in [1.807, 2.05) is 12.1 Å². The third-order valence-corrected chi connectivity index (χ3v) is 2.60. The molecule has 3 N–H and O–H groups in total. The molecule has 0 bridgehead atoms. The maximum Gasteiger partial charge on any atom is 0.241 e. The molecule has 0 fully saturated rings. The highest BCUT2D eigenvalue weighted by atomic mass is 16.3. The zero-order valence-corrected chi connectivity index (χ0v) is 10.4. The van der Waals surface area contributed by atoms with Crippen molar-refractivity contribution in [3.63, 3.8) is 0 Å². The Morgan fingerprint density at radius 1 is 1.58 bits per heavy atom. The van der Waals surface area contributed by atoms with Gasteiger partial charge in [-0.3, -0.25) is 4.79 Å². The molecule has 0 saturated heterocycles. The summed E-state index contributed by atoms with van der Waals surface area (Å²) in [7, 11) is 0. The Morgan fingerprint density at radius 3 is 3.11 bits per heavy atom. The molecule has 1 atom stereocenters. The van der Waals surface area contributed by atoms with E-state index in [4.69, 9.17) is 10.2 Å². The molecule has 98 valence electrons. The number of aromatic nitrogens is 1. The lowest BCUT2D eigenvalue weighted by atomic mass is 10.1. The van der Waals surface area contributed by atoms with E-state index in [0.717, 1.165) is 5.56 Å². The Morgan fingerprint density at radius 2 is 2.42 bits per heavy atom. The second kappa shape index (κ2) is 5.97. The van der Waals surface area contributed by atoms with Gasteiger partial charge < -0.3 is 15.5 Å². The van der Waals surface area contributed by atoms with Gasteiger partial charge in [-0.25, -0.2) is 4.98 Å². The number of carbonyl (C=O) groups is 1. The Kier molecular flexibility index (Phi) is 4.10. The van der Waals surface area contributed by atoms with Gasteiger partial charge in [0.05, 0.1) is 12.2 Å². The molecule has 0 saturated carbocycles. The lowest BCUT2D eigenvalue weighted by Gasteiger charge is -2.10. The quantitative estimate of drug-likeness (QED) is 0.804. The molecule has 1 aromatic heterocycles. The van der Waals surface area contributed by atoms with E-state index in [9.17, 15) is 4.79 Å². The van der Waals surface area contributed by atoms with Gasteiger partial charge in [0.25, 0.3) is 0 Å². The Labute approximate surface area is 111 Å². The minimum Gasteiger partial charge on any atom is -0.444 e. The number of hydrogen-bond acceptors (Lipinski definition) is 4. The topological polar surface area (TPSA) is 81.2 Å². The predicted molar refractivity (Wildman–Crippen MR) is 73.4 cm³/mol. The lowest BCUT2D eigenvalue weighted by molar-refractivity contribution is -0.117. The molecule has 1 aromatic carbocycles. The molecule has 0 spiro atoms. The zero-order valence-electron chi connectivity index (χ0n) is 10.4. The largest absolute Gasteiger partial charge is 0.444 e. The molecule has 1 amide bonds. The second-order valence-electron chi connectivity index (χ2n) is 4.07. The van der Waals surface area contributed by atoms with Crippen LogP contribution in [0.5, 0.6) is 0 Å². The first-order valence-corrected chi connectivity index (χ1v) is 5.87. The van der Waals surface area contributed by atoms with E-state index < -0.39 is 6.04 Å². The summed E-state index contributed by atoms with van der Waals surface area (Å²) in [6.45, 7) is 3.56. The van der Waals surface area contributed by atoms with Crippen LogP contribution in [0.2, 0.25) is 0 Å². The molecule has 1 heterocycles. The van der Waals surface area contributed by atoms with Crippen molar-refractivity contribution in [1.29, 1.82) is 0 Å². The van der Waals surface area contributed by atoms with Gasteiger partial charge in [0.1, 0.15) is 0 Å². The van der Waals surface area contributed by atoms with Crippen molar-refractivity contribution in [2.75, 3.05) is 5.32 Å². The molecule has 0 aliphatic carbocycles. The Balaban J connectivity index is 2.11. The summed E-state index contributed by atoms with van der Waals surface area (Å²) < 4.78 is 5.20. The summed E-state index contributed by atoms with van der Waals surface area (Å²) >= 11 is 0. The third kappa shape index (κ3) is 3.29. The van der Waals surface area contributed by atoms with Crippen molar-refractivity contribution in [1.82, 2.24) is 4.98 Å². The number of nitrogens with two attached hydrogens (primary N) is 1. The van der Waals surface area contributed by atoms with Crippen molar-refractivity contribution >= 4 is 11.6 Å². The van der Waals surface area contributed by atoms with E-state index >= 15 is 0 Å². The van der Waals surface area contributed by atoms with E-state index in [2.05, 4.69) is 16.9 Å². The lowest BCUT2D eigenvalue weighted by Crippen LogP contribution is -2.35. The van der Waals surface area contributed by atoms with Gasteiger partial charge in [-0.05, 0) is 18.6 Å². The Hall–Kier alpha value is -2.40. The normalized spacial score (nSPS) is 11.8. The van der Waals surface area contributed by atoms with Crippen LogP contribution in [-0.4, -0.2) is 16.9 Å². The maximum atomic E-state index is 11.8. The van der Waals surface area contributed by atoms with Crippen LogP contribution in [0.3, 0.4) is 0 Å². The smallest absolute Gasteiger partial charge is 0.241 e. The first kappa shape index (κ1) is 13.0. The van der Waals surface area contributed by atoms with Crippen molar-refractivity contribution in [3.05, 3.63) is 49.5 Å². The summed E-state index contributed by atoms with van der Waals surface area (Å²) in [6, 6.07) is 6.70. The fourth-order valence-electron chi connectivity index (χ4n) is 1.63. The van der Waals surface area contributed by atoms with Crippen LogP contribution in [-0.2, 0) is 4.79 Å². The molecule has 2 rings (SSSR count). The molecule has 5 heteroatoms. The number of carbonyl (C=O) groups excluding carboxylic acids is 1. The second-order valence-corrected chi connectivity index (χ2v) is 4.07. The number of nitrogens with zero attached hydrogens (tertiary/aromatic N) is 1. The average molecular weight is 257 g/mol. The fourth-order valence-corrected chi connectivity index (χ4v) is 1.63. The number of rotatable bonds is 5. The van der Waals surface area contributed by atoms with Crippen LogP contribution >= 0.6 is 0 Å². The fraction of sp³-hybridized carbons (Fsp3) is 0.143. The average Bonchev–Trinajstić information content (AvgIpc) is 2.93. The van der Waals surface area contributed by atoms with E-state index in [-0.39, 0.29) is 5.91 Å². The summed E-state index contributed by atoms with van der Waals surface area (Å²) in [5, 5.41) is 2.76. The van der Waals surface area contributed by atoms with Crippen molar-refractivity contribution in [3.8, 4) is 11.3 Å².